The van der Waals surface area contributed by atoms with Crippen LogP contribution in [0.25, 0.3) is 0 Å². The van der Waals surface area contributed by atoms with E-state index in [2.05, 4.69) is 20.6 Å². The van der Waals surface area contributed by atoms with Gasteiger partial charge in [-0.05, 0) is 194 Å². The van der Waals surface area contributed by atoms with E-state index in [-0.39, 0.29) is 115 Å². The van der Waals surface area contributed by atoms with E-state index in [0.717, 1.165) is 75.7 Å². The maximum Gasteiger partial charge on any atom is 0.265 e. The highest BCUT2D eigenvalue weighted by Gasteiger charge is 2.34. The number of hydrogen-bond donors (Lipinski definition) is 4. The Labute approximate surface area is 733 Å². The molecule has 2 atom stereocenters. The number of ether oxygens (including phenoxy) is 8. The van der Waals surface area contributed by atoms with E-state index in [1.54, 1.807) is 26.0 Å². The Morgan fingerprint density at radius 1 is 0.379 bits per heavy atom. The number of fused-ring (bicyclic) bond motifs is 4. The molecule has 4 N–H and O–H groups in total. The summed E-state index contributed by atoms with van der Waals surface area (Å²) in [5, 5.41) is 15.6. The van der Waals surface area contributed by atoms with Gasteiger partial charge in [-0.3, -0.25) is 19.2 Å². The summed E-state index contributed by atoms with van der Waals surface area (Å²) < 4.78 is 362. The van der Waals surface area contributed by atoms with Gasteiger partial charge in [0.05, 0.1) is 19.5 Å². The number of ketones is 4. The van der Waals surface area contributed by atoms with Crippen molar-refractivity contribution >= 4 is 179 Å². The highest BCUT2D eigenvalue weighted by molar-refractivity contribution is 7.94. The summed E-state index contributed by atoms with van der Waals surface area (Å²) in [5.74, 6) is -4.59. The number of hydrogen-bond acceptors (Lipinski definition) is 32. The number of benzene rings is 4. The van der Waals surface area contributed by atoms with Crippen molar-refractivity contribution in [3.05, 3.63) is 201 Å². The Morgan fingerprint density at radius 3 is 0.897 bits per heavy atom. The fourth-order valence-corrected chi connectivity index (χ4v) is 20.2. The first-order valence-electron chi connectivity index (χ1n) is 44.5. The molecule has 0 bridgehead atoms. The number of carbonyl (C=O) groups is 4. The number of nitrogens with zero attached hydrogens (tertiary/aromatic N) is 4. The fourth-order valence-electron chi connectivity index (χ4n) is 10.3. The third-order valence-electron chi connectivity index (χ3n) is 15.9. The fraction of sp³-hybridized carbons (Fsp3) is 0.222. The first-order chi connectivity index (χ1) is 65.5. The minimum Gasteiger partial charge on any atom is -0.454 e. The average Bonchev–Trinajstić information content (AvgIpc) is 1.54. The first kappa shape index (κ1) is 56.2. The maximum absolute atomic E-state index is 13.2. The number of Topliss-reactive ketones (excluding diaryl/α,β-unsaturated/α-hetero) is 4. The van der Waals surface area contributed by atoms with E-state index >= 15 is 0 Å². The zero-order valence-corrected chi connectivity index (χ0v) is 67.1. The van der Waals surface area contributed by atoms with Crippen LogP contribution in [-0.4, -0.2) is 105 Å². The molecule has 608 valence electrons. The standard InChI is InChI=1S/4C18H15ClN2O6S2/c4*1-9-5-13-14(26-8-25-13)7-11(9)6-12(22)17-15(3-4-28-17)29(23,24)21-18-16(19)10(2)20-27-18/h4*3-5,7,21H,6,8H2,1-2H3/i1D3,2D3,8D;2D3,8D2;2D3,8D;1D3,2D3/hD4. The Morgan fingerprint density at radius 2 is 0.621 bits per heavy atom. The summed E-state index contributed by atoms with van der Waals surface area (Å²) in [5.41, 5.74) is -0.910. The molecule has 44 heteroatoms. The van der Waals surface area contributed by atoms with Crippen molar-refractivity contribution < 1.29 is 145 Å². The molecule has 0 saturated carbocycles. The molecule has 12 heterocycles. The average molecular weight is 1850 g/mol. The van der Waals surface area contributed by atoms with Crippen molar-refractivity contribution in [2.75, 3.05) is 45.9 Å². The van der Waals surface area contributed by atoms with E-state index in [9.17, 15) is 52.8 Å². The van der Waals surface area contributed by atoms with Crippen LogP contribution in [0.1, 0.15) is 136 Å². The molecule has 0 radical (unpaired) electrons. The van der Waals surface area contributed by atoms with Crippen LogP contribution in [0.3, 0.4) is 0 Å². The van der Waals surface area contributed by atoms with Gasteiger partial charge in [0.1, 0.15) is 67.9 Å². The number of nitrogens with one attached hydrogen (secondary N) is 4. The Bertz CT molecular complexity index is 7490. The van der Waals surface area contributed by atoms with Gasteiger partial charge in [0.25, 0.3) is 63.6 Å². The zero-order valence-electron chi connectivity index (χ0n) is 83.6. The number of carbonyl (C=O) groups excluding carboxylic acids is 4. The normalized spacial score (nSPS) is 18.6. The van der Waals surface area contributed by atoms with Crippen molar-refractivity contribution in [3.8, 4) is 46.0 Å². The van der Waals surface area contributed by atoms with Crippen molar-refractivity contribution in [2.24, 2.45) is 0 Å². The summed E-state index contributed by atoms with van der Waals surface area (Å²) >= 11 is 26.8. The molecule has 116 heavy (non-hydrogen) atoms. The molecule has 16 rings (SSSR count). The van der Waals surface area contributed by atoms with Crippen LogP contribution in [0.5, 0.6) is 46.0 Å². The molecule has 0 aliphatic carbocycles. The molecule has 12 aromatic rings. The van der Waals surface area contributed by atoms with Crippen LogP contribution in [-0.2, 0) is 65.8 Å². The highest BCUT2D eigenvalue weighted by Crippen LogP contribution is 2.42. The number of sulfonamides is 4. The van der Waals surface area contributed by atoms with Gasteiger partial charge in [0.2, 0.25) is 27.1 Å². The molecule has 0 spiro atoms. The molecule has 32 nitrogen and oxygen atoms in total. The van der Waals surface area contributed by atoms with Gasteiger partial charge >= 0.3 is 0 Å². The van der Waals surface area contributed by atoms with E-state index in [1.807, 2.05) is 0 Å². The maximum atomic E-state index is 13.2. The van der Waals surface area contributed by atoms with Crippen LogP contribution in [0, 0.1) is 55.0 Å². The molecule has 0 fully saturated rings. The Hall–Kier alpha value is -10.2. The zero-order chi connectivity index (χ0) is 105. The summed E-state index contributed by atoms with van der Waals surface area (Å²) in [7, 11) is -19.0. The molecular weight excluding hydrogens is 1760 g/mol. The van der Waals surface area contributed by atoms with Gasteiger partial charge in [-0.25, -0.2) is 52.5 Å². The summed E-state index contributed by atoms with van der Waals surface area (Å²) in [6, 6.07) is 15.5. The molecule has 0 saturated heterocycles. The van der Waals surface area contributed by atoms with Crippen molar-refractivity contribution in [3.63, 3.8) is 0 Å². The first-order valence-corrected chi connectivity index (χ1v) is 42.3. The monoisotopic (exact) mass is 1840 g/mol. The van der Waals surface area contributed by atoms with Crippen LogP contribution in [0.4, 0.5) is 23.5 Å². The summed E-state index contributed by atoms with van der Waals surface area (Å²) in [4.78, 5) is 49.4. The molecular formula is C72H60Cl4N8O24S8. The third kappa shape index (κ3) is 18.1. The lowest BCUT2D eigenvalue weighted by Crippen LogP contribution is -2.16. The van der Waals surface area contributed by atoms with Gasteiger partial charge in [-0.2, -0.15) is 0 Å². The summed E-state index contributed by atoms with van der Waals surface area (Å²) in [6.07, 6.45) is -1.48. The minimum absolute atomic E-state index is 0.00141. The quantitative estimate of drug-likeness (QED) is 0.0408. The summed E-state index contributed by atoms with van der Waals surface area (Å²) in [6.45, 7) is -18.2. The number of aryl methyl sites for hydroxylation is 8. The predicted molar refractivity (Wildman–Crippen MR) is 427 cm³/mol. The molecule has 4 aliphatic heterocycles. The second kappa shape index (κ2) is 34.1. The van der Waals surface area contributed by atoms with E-state index in [4.69, 9.17) is 138 Å². The van der Waals surface area contributed by atoms with Crippen LogP contribution in [0.15, 0.2) is 132 Å². The highest BCUT2D eigenvalue weighted by atomic mass is 35.5. The van der Waals surface area contributed by atoms with E-state index in [1.165, 1.54) is 51.9 Å². The largest absolute Gasteiger partial charge is 0.454 e. The lowest BCUT2D eigenvalue weighted by molar-refractivity contribution is 0.0985. The van der Waals surface area contributed by atoms with Crippen LogP contribution < -0.4 is 56.8 Å². The van der Waals surface area contributed by atoms with Crippen LogP contribution in [0.2, 0.25) is 25.7 Å². The van der Waals surface area contributed by atoms with Gasteiger partial charge in [0.15, 0.2) is 74.8 Å². The van der Waals surface area contributed by atoms with Gasteiger partial charge in [-0.15, -0.1) is 45.3 Å². The lowest BCUT2D eigenvalue weighted by Gasteiger charge is -2.09. The number of rotatable bonds is 24. The van der Waals surface area contributed by atoms with Crippen molar-refractivity contribution in [2.45, 2.75) is 100 Å². The number of aromatic nitrogens is 4. The predicted octanol–water partition coefficient (Wildman–Crippen LogP) is 15.8. The minimum atomic E-state index is -4.82. The second-order valence-electron chi connectivity index (χ2n) is 23.4. The van der Waals surface area contributed by atoms with E-state index in [0.29, 0.717) is 33.8 Å². The van der Waals surface area contributed by atoms with Gasteiger partial charge in [0, 0.05) is 50.4 Å². The smallest absolute Gasteiger partial charge is 0.265 e. The number of thiophene rings is 4. The Kier molecular flexibility index (Phi) is 16.5. The molecule has 4 aliphatic rings. The van der Waals surface area contributed by atoms with Gasteiger partial charge < -0.3 is 56.0 Å². The Balaban J connectivity index is 0.000000159. The van der Waals surface area contributed by atoms with Crippen molar-refractivity contribution in [1.29, 1.82) is 0 Å². The van der Waals surface area contributed by atoms with E-state index < -0.39 is 223 Å². The molecule has 8 aromatic heterocycles. The molecule has 4 aromatic carbocycles. The molecule has 0 amide bonds. The number of halogens is 4. The molecule has 2 unspecified atom stereocenters. The lowest BCUT2D eigenvalue weighted by atomic mass is 10.0. The third-order valence-corrected chi connectivity index (χ3v) is 26.8. The van der Waals surface area contributed by atoms with Crippen LogP contribution >= 0.6 is 91.8 Å². The number of anilines is 4. The van der Waals surface area contributed by atoms with Gasteiger partial charge in [-0.1, -0.05) is 67.0 Å². The SMILES string of the molecule is [2H]C1Oc2cc(C)c(CC(=O)c3sccc3S(=O)(=O)N([2H])c3onc(C([2H])([2H])[2H])c3Cl)cc2O1.[2H]C1Oc2cc(CC(=O)c3sccc3S(=O)(=O)N([2H])c3onc(C([2H])([2H])[2H])c3Cl)c(C([2H])([2H])[2H])cc2O1.[2H]N(c1onc(C([2H])([2H])[2H])c1Cl)S(=O)(=O)c1ccsc1C(=O)Cc1cc2c(cc1C([2H])([2H])[2H])OCO2.[2H]N(c1onc(C([2H])([2H])[2H])c1Cl)S(=O)(=O)c1ccsc1C(=O)Cc1cc2c(cc1C)OC([2H])([2H])O2. The van der Waals surface area contributed by atoms with Crippen molar-refractivity contribution in [1.82, 2.24) is 20.6 Å². The second-order valence-corrected chi connectivity index (χ2v) is 34.9. The topological polar surface area (TPSA) is 431 Å².